The van der Waals surface area contributed by atoms with Gasteiger partial charge in [-0.25, -0.2) is 0 Å². The third kappa shape index (κ3) is 3.77. The number of benzene rings is 1. The molecule has 0 aliphatic rings. The lowest BCUT2D eigenvalue weighted by molar-refractivity contribution is 0.316. The van der Waals surface area contributed by atoms with Crippen molar-refractivity contribution in [3.05, 3.63) is 34.9 Å². The maximum absolute atomic E-state index is 8.36. The Hall–Kier alpha value is -1.26. The summed E-state index contributed by atoms with van der Waals surface area (Å²) in [4.78, 5) is 0. The van der Waals surface area contributed by atoms with Gasteiger partial charge < -0.3 is 16.3 Å². The fraction of sp³-hybridized carbons (Fsp3) is 0.300. The van der Waals surface area contributed by atoms with E-state index in [0.717, 1.165) is 5.56 Å². The van der Waals surface area contributed by atoms with Gasteiger partial charge >= 0.3 is 0 Å². The van der Waals surface area contributed by atoms with Gasteiger partial charge in [-0.1, -0.05) is 28.9 Å². The monoisotopic (exact) mass is 227 g/mol. The molecule has 0 saturated carbocycles. The minimum absolute atomic E-state index is 0.127. The van der Waals surface area contributed by atoms with Gasteiger partial charge in [0.05, 0.1) is 6.54 Å². The molecule has 0 aromatic heterocycles. The summed E-state index contributed by atoms with van der Waals surface area (Å²) in [5.41, 5.74) is 6.44. The Balaban J connectivity index is 2.53. The highest BCUT2D eigenvalue weighted by Gasteiger charge is 2.04. The predicted molar refractivity (Wildman–Crippen MR) is 61.3 cm³/mol. The van der Waals surface area contributed by atoms with Crippen LogP contribution in [0.3, 0.4) is 0 Å². The second-order valence-corrected chi connectivity index (χ2v) is 3.68. The third-order valence-corrected chi connectivity index (χ3v) is 2.34. The van der Waals surface area contributed by atoms with Crippen molar-refractivity contribution in [3.63, 3.8) is 0 Å². The molecule has 4 nitrogen and oxygen atoms in total. The zero-order valence-corrected chi connectivity index (χ0v) is 9.20. The zero-order valence-electron chi connectivity index (χ0n) is 8.44. The topological polar surface area (TPSA) is 70.6 Å². The van der Waals surface area contributed by atoms with E-state index in [4.69, 9.17) is 22.5 Å². The Labute approximate surface area is 93.7 Å². The van der Waals surface area contributed by atoms with Gasteiger partial charge in [-0.05, 0) is 24.6 Å². The molecule has 0 unspecified atom stereocenters. The molecule has 0 radical (unpaired) electrons. The molecule has 1 rings (SSSR count). The minimum atomic E-state index is 0.127. The van der Waals surface area contributed by atoms with Crippen molar-refractivity contribution in [2.45, 2.75) is 13.0 Å². The third-order valence-electron chi connectivity index (χ3n) is 2.09. The van der Waals surface area contributed by atoms with E-state index >= 15 is 0 Å². The number of hydrogen-bond acceptors (Lipinski definition) is 3. The van der Waals surface area contributed by atoms with E-state index in [0.29, 0.717) is 11.6 Å². The molecule has 0 saturated heterocycles. The van der Waals surface area contributed by atoms with Crippen molar-refractivity contribution < 1.29 is 5.21 Å². The lowest BCUT2D eigenvalue weighted by atomic mass is 10.1. The van der Waals surface area contributed by atoms with E-state index in [9.17, 15) is 0 Å². The zero-order chi connectivity index (χ0) is 11.3. The number of oxime groups is 1. The van der Waals surface area contributed by atoms with Crippen LogP contribution < -0.4 is 11.1 Å². The molecule has 82 valence electrons. The molecule has 0 spiro atoms. The summed E-state index contributed by atoms with van der Waals surface area (Å²) < 4.78 is 0. The summed E-state index contributed by atoms with van der Waals surface area (Å²) in [6, 6.07) is 7.66. The number of nitrogens with zero attached hydrogens (tertiary/aromatic N) is 1. The van der Waals surface area contributed by atoms with Crippen molar-refractivity contribution in [2.24, 2.45) is 10.9 Å². The van der Waals surface area contributed by atoms with E-state index < -0.39 is 0 Å². The number of halogens is 1. The van der Waals surface area contributed by atoms with Crippen molar-refractivity contribution in [1.82, 2.24) is 5.32 Å². The van der Waals surface area contributed by atoms with Crippen LogP contribution in [0.1, 0.15) is 18.5 Å². The number of nitrogens with one attached hydrogen (secondary N) is 1. The number of nitrogens with two attached hydrogens (primary N) is 1. The van der Waals surface area contributed by atoms with E-state index in [-0.39, 0.29) is 11.9 Å². The first-order valence-corrected chi connectivity index (χ1v) is 4.96. The Morgan fingerprint density at radius 3 is 2.67 bits per heavy atom. The van der Waals surface area contributed by atoms with Crippen LogP contribution in [-0.4, -0.2) is 17.6 Å². The van der Waals surface area contributed by atoms with Gasteiger partial charge in [-0.3, -0.25) is 0 Å². The maximum Gasteiger partial charge on any atom is 0.153 e. The van der Waals surface area contributed by atoms with Crippen LogP contribution in [0.4, 0.5) is 0 Å². The van der Waals surface area contributed by atoms with Crippen molar-refractivity contribution in [2.75, 3.05) is 6.54 Å². The van der Waals surface area contributed by atoms with Crippen LogP contribution in [0.5, 0.6) is 0 Å². The fourth-order valence-corrected chi connectivity index (χ4v) is 1.29. The molecule has 0 heterocycles. The molecule has 0 fully saturated rings. The average molecular weight is 228 g/mol. The summed E-state index contributed by atoms with van der Waals surface area (Å²) in [5.74, 6) is 0.163. The number of amidine groups is 1. The summed E-state index contributed by atoms with van der Waals surface area (Å²) in [6.45, 7) is 2.34. The molecular formula is C10H14ClN3O. The Bertz CT molecular complexity index is 337. The van der Waals surface area contributed by atoms with Gasteiger partial charge in [0.25, 0.3) is 0 Å². The van der Waals surface area contributed by atoms with E-state index in [1.54, 1.807) is 0 Å². The average Bonchev–Trinajstić information content (AvgIpc) is 2.26. The quantitative estimate of drug-likeness (QED) is 0.318. The van der Waals surface area contributed by atoms with Crippen LogP contribution in [0.25, 0.3) is 0 Å². The normalized spacial score (nSPS) is 13.9. The Morgan fingerprint density at radius 2 is 2.13 bits per heavy atom. The highest BCUT2D eigenvalue weighted by molar-refractivity contribution is 6.30. The van der Waals surface area contributed by atoms with Crippen LogP contribution in [0, 0.1) is 0 Å². The lowest BCUT2D eigenvalue weighted by Crippen LogP contribution is -2.30. The summed E-state index contributed by atoms with van der Waals surface area (Å²) in [7, 11) is 0. The molecule has 0 aliphatic heterocycles. The SMILES string of the molecule is C[C@H](NC/C(N)=N/O)c1ccc(Cl)cc1. The molecule has 4 N–H and O–H groups in total. The second kappa shape index (κ2) is 5.58. The molecule has 0 aliphatic carbocycles. The van der Waals surface area contributed by atoms with E-state index in [1.807, 2.05) is 31.2 Å². The van der Waals surface area contributed by atoms with Gasteiger partial charge in [0, 0.05) is 11.1 Å². The molecule has 0 amide bonds. The molecule has 0 bridgehead atoms. The maximum atomic E-state index is 8.36. The van der Waals surface area contributed by atoms with Gasteiger partial charge in [0.1, 0.15) is 0 Å². The summed E-state index contributed by atoms with van der Waals surface area (Å²) in [5, 5.41) is 15.1. The van der Waals surface area contributed by atoms with Gasteiger partial charge in [0.15, 0.2) is 5.84 Å². The highest BCUT2D eigenvalue weighted by Crippen LogP contribution is 2.15. The first-order chi connectivity index (χ1) is 7.13. The van der Waals surface area contributed by atoms with Crippen molar-refractivity contribution >= 4 is 17.4 Å². The Kier molecular flexibility index (Phi) is 4.39. The molecule has 15 heavy (non-hydrogen) atoms. The molecule has 1 atom stereocenters. The van der Waals surface area contributed by atoms with Gasteiger partial charge in [-0.2, -0.15) is 0 Å². The number of hydrogen-bond donors (Lipinski definition) is 3. The van der Waals surface area contributed by atoms with Crippen LogP contribution in [0.2, 0.25) is 5.02 Å². The molecular weight excluding hydrogens is 214 g/mol. The smallest absolute Gasteiger partial charge is 0.153 e. The fourth-order valence-electron chi connectivity index (χ4n) is 1.16. The van der Waals surface area contributed by atoms with Crippen LogP contribution in [0.15, 0.2) is 29.4 Å². The van der Waals surface area contributed by atoms with Crippen LogP contribution >= 0.6 is 11.6 Å². The van der Waals surface area contributed by atoms with Gasteiger partial charge in [0.2, 0.25) is 0 Å². The largest absolute Gasteiger partial charge is 0.409 e. The Morgan fingerprint density at radius 1 is 1.53 bits per heavy atom. The van der Waals surface area contributed by atoms with Crippen molar-refractivity contribution in [1.29, 1.82) is 0 Å². The second-order valence-electron chi connectivity index (χ2n) is 3.25. The highest BCUT2D eigenvalue weighted by atomic mass is 35.5. The standard InChI is InChI=1S/C10H14ClN3O/c1-7(13-6-10(12)14-15)8-2-4-9(11)5-3-8/h2-5,7,13,15H,6H2,1H3,(H2,12,14)/t7-/m0/s1. The van der Waals surface area contributed by atoms with E-state index in [2.05, 4.69) is 10.5 Å². The van der Waals surface area contributed by atoms with Gasteiger partial charge in [-0.15, -0.1) is 0 Å². The number of rotatable bonds is 4. The van der Waals surface area contributed by atoms with E-state index in [1.165, 1.54) is 0 Å². The minimum Gasteiger partial charge on any atom is -0.409 e. The predicted octanol–water partition coefficient (Wildman–Crippen LogP) is 1.74. The molecule has 1 aromatic rings. The lowest BCUT2D eigenvalue weighted by Gasteiger charge is -2.13. The molecule has 1 aromatic carbocycles. The first kappa shape index (κ1) is 11.8. The van der Waals surface area contributed by atoms with Crippen molar-refractivity contribution in [3.8, 4) is 0 Å². The molecule has 5 heteroatoms. The van der Waals surface area contributed by atoms with Crippen LogP contribution in [-0.2, 0) is 0 Å². The summed E-state index contributed by atoms with van der Waals surface area (Å²) in [6.07, 6.45) is 0. The first-order valence-electron chi connectivity index (χ1n) is 4.58. The summed E-state index contributed by atoms with van der Waals surface area (Å²) >= 11 is 5.77.